The average molecular weight is 431 g/mol. The van der Waals surface area contributed by atoms with E-state index in [2.05, 4.69) is 16.3 Å². The topological polar surface area (TPSA) is 90.8 Å². The standard InChI is InChI=1S/C24H25N5O3/c1-16(30)29-8-7-17-5-6-19(14-22(17)29)25-23-15-21(18-3-2-4-20(31)13-18)26-24(27-23)28-9-11-32-12-10-28/h2-6,13-15,31H,7-12H2,1H3,(H,25,26,27). The molecule has 2 aliphatic rings. The molecule has 0 spiro atoms. The molecule has 3 aromatic rings. The number of carbonyl (C=O) groups excluding carboxylic acids is 1. The Morgan fingerprint density at radius 1 is 1.06 bits per heavy atom. The Bertz CT molecular complexity index is 1160. The Balaban J connectivity index is 1.51. The molecule has 8 heteroatoms. The summed E-state index contributed by atoms with van der Waals surface area (Å²) in [6.07, 6.45) is 0.867. The highest BCUT2D eigenvalue weighted by Gasteiger charge is 2.23. The normalized spacial score (nSPS) is 15.5. The van der Waals surface area contributed by atoms with Crippen molar-refractivity contribution < 1.29 is 14.6 Å². The lowest BCUT2D eigenvalue weighted by Crippen LogP contribution is -2.37. The van der Waals surface area contributed by atoms with E-state index in [1.165, 1.54) is 5.56 Å². The highest BCUT2D eigenvalue weighted by Crippen LogP contribution is 2.33. The molecule has 8 nitrogen and oxygen atoms in total. The fraction of sp³-hybridized carbons (Fsp3) is 0.292. The minimum Gasteiger partial charge on any atom is -0.508 e. The summed E-state index contributed by atoms with van der Waals surface area (Å²) in [7, 11) is 0. The van der Waals surface area contributed by atoms with Crippen LogP contribution < -0.4 is 15.1 Å². The molecule has 2 aromatic carbocycles. The Morgan fingerprint density at radius 3 is 2.69 bits per heavy atom. The molecule has 0 bridgehead atoms. The molecule has 2 N–H and O–H groups in total. The van der Waals surface area contributed by atoms with Crippen LogP contribution in [0.25, 0.3) is 11.3 Å². The summed E-state index contributed by atoms with van der Waals surface area (Å²) in [5.74, 6) is 1.49. The number of hydrogen-bond acceptors (Lipinski definition) is 7. The zero-order valence-electron chi connectivity index (χ0n) is 17.9. The van der Waals surface area contributed by atoms with E-state index < -0.39 is 0 Å². The van der Waals surface area contributed by atoms with Gasteiger partial charge in [0, 0.05) is 49.6 Å². The number of morpholine rings is 1. The Hall–Kier alpha value is -3.65. The molecule has 2 aliphatic heterocycles. The van der Waals surface area contributed by atoms with Crippen LogP contribution in [0.15, 0.2) is 48.5 Å². The summed E-state index contributed by atoms with van der Waals surface area (Å²) in [6, 6.07) is 15.0. The number of nitrogens with one attached hydrogen (secondary N) is 1. The van der Waals surface area contributed by atoms with Crippen molar-refractivity contribution in [2.45, 2.75) is 13.3 Å². The molecule has 1 saturated heterocycles. The summed E-state index contributed by atoms with van der Waals surface area (Å²) in [6.45, 7) is 5.01. The van der Waals surface area contributed by atoms with E-state index in [1.54, 1.807) is 30.0 Å². The summed E-state index contributed by atoms with van der Waals surface area (Å²) >= 11 is 0. The van der Waals surface area contributed by atoms with Gasteiger partial charge in [-0.15, -0.1) is 0 Å². The fourth-order valence-corrected chi connectivity index (χ4v) is 4.15. The van der Waals surface area contributed by atoms with E-state index in [4.69, 9.17) is 14.7 Å². The monoisotopic (exact) mass is 431 g/mol. The van der Waals surface area contributed by atoms with Crippen molar-refractivity contribution in [1.82, 2.24) is 9.97 Å². The maximum Gasteiger partial charge on any atom is 0.228 e. The molecule has 0 radical (unpaired) electrons. The minimum atomic E-state index is 0.0451. The zero-order chi connectivity index (χ0) is 22.1. The molecular weight excluding hydrogens is 406 g/mol. The first-order valence-electron chi connectivity index (χ1n) is 10.8. The summed E-state index contributed by atoms with van der Waals surface area (Å²) in [4.78, 5) is 25.4. The van der Waals surface area contributed by atoms with Crippen molar-refractivity contribution in [3.05, 3.63) is 54.1 Å². The number of hydrogen-bond donors (Lipinski definition) is 2. The number of amides is 1. The van der Waals surface area contributed by atoms with Gasteiger partial charge in [-0.2, -0.15) is 4.98 Å². The van der Waals surface area contributed by atoms with Gasteiger partial charge >= 0.3 is 0 Å². The van der Waals surface area contributed by atoms with Gasteiger partial charge in [0.2, 0.25) is 11.9 Å². The molecule has 0 aliphatic carbocycles. The van der Waals surface area contributed by atoms with Gasteiger partial charge in [-0.3, -0.25) is 4.79 Å². The van der Waals surface area contributed by atoms with Crippen molar-refractivity contribution in [3.63, 3.8) is 0 Å². The highest BCUT2D eigenvalue weighted by molar-refractivity contribution is 5.94. The molecule has 32 heavy (non-hydrogen) atoms. The Kier molecular flexibility index (Phi) is 5.36. The first kappa shape index (κ1) is 20.3. The molecule has 5 rings (SSSR count). The van der Waals surface area contributed by atoms with Crippen LogP contribution in [0.4, 0.5) is 23.1 Å². The van der Waals surface area contributed by atoms with Crippen LogP contribution in [0, 0.1) is 0 Å². The Morgan fingerprint density at radius 2 is 1.91 bits per heavy atom. The predicted molar refractivity (Wildman–Crippen MR) is 124 cm³/mol. The third kappa shape index (κ3) is 4.09. The quantitative estimate of drug-likeness (QED) is 0.655. The van der Waals surface area contributed by atoms with Gasteiger partial charge in [-0.1, -0.05) is 18.2 Å². The number of fused-ring (bicyclic) bond motifs is 1. The van der Waals surface area contributed by atoms with E-state index in [0.717, 1.165) is 36.4 Å². The van der Waals surface area contributed by atoms with Crippen LogP contribution in [0.5, 0.6) is 5.75 Å². The van der Waals surface area contributed by atoms with Gasteiger partial charge in [-0.25, -0.2) is 4.98 Å². The second kappa shape index (κ2) is 8.47. The second-order valence-electron chi connectivity index (χ2n) is 7.98. The van der Waals surface area contributed by atoms with E-state index in [9.17, 15) is 9.90 Å². The smallest absolute Gasteiger partial charge is 0.228 e. The largest absolute Gasteiger partial charge is 0.508 e. The van der Waals surface area contributed by atoms with Crippen molar-refractivity contribution in [3.8, 4) is 17.0 Å². The molecule has 1 amide bonds. The third-order valence-corrected chi connectivity index (χ3v) is 5.78. The number of phenolic OH excluding ortho intramolecular Hbond substituents is 1. The third-order valence-electron chi connectivity index (χ3n) is 5.78. The summed E-state index contributed by atoms with van der Waals surface area (Å²) in [5, 5.41) is 13.3. The maximum atomic E-state index is 12.0. The fourth-order valence-electron chi connectivity index (χ4n) is 4.15. The van der Waals surface area contributed by atoms with Gasteiger partial charge in [0.25, 0.3) is 0 Å². The first-order valence-corrected chi connectivity index (χ1v) is 10.8. The number of nitrogens with zero attached hydrogens (tertiary/aromatic N) is 4. The molecule has 3 heterocycles. The van der Waals surface area contributed by atoms with E-state index >= 15 is 0 Å². The molecule has 0 saturated carbocycles. The first-order chi connectivity index (χ1) is 15.6. The minimum absolute atomic E-state index is 0.0451. The predicted octanol–water partition coefficient (Wildman–Crippen LogP) is 3.34. The van der Waals surface area contributed by atoms with E-state index in [1.807, 2.05) is 24.3 Å². The van der Waals surface area contributed by atoms with Crippen molar-refractivity contribution in [2.24, 2.45) is 0 Å². The average Bonchev–Trinajstić information content (AvgIpc) is 3.23. The van der Waals surface area contributed by atoms with Crippen LogP contribution in [0.2, 0.25) is 0 Å². The van der Waals surface area contributed by atoms with E-state index in [-0.39, 0.29) is 11.7 Å². The van der Waals surface area contributed by atoms with E-state index in [0.29, 0.717) is 37.2 Å². The lowest BCUT2D eigenvalue weighted by Gasteiger charge is -2.27. The number of carbonyl (C=O) groups is 1. The van der Waals surface area contributed by atoms with Crippen LogP contribution in [0.3, 0.4) is 0 Å². The highest BCUT2D eigenvalue weighted by atomic mass is 16.5. The van der Waals surface area contributed by atoms with Gasteiger partial charge in [-0.05, 0) is 36.2 Å². The number of aromatic nitrogens is 2. The lowest BCUT2D eigenvalue weighted by molar-refractivity contribution is -0.116. The van der Waals surface area contributed by atoms with Crippen molar-refractivity contribution in [1.29, 1.82) is 0 Å². The van der Waals surface area contributed by atoms with Crippen LogP contribution >= 0.6 is 0 Å². The number of rotatable bonds is 4. The molecule has 1 aromatic heterocycles. The molecule has 1 fully saturated rings. The molecule has 0 unspecified atom stereocenters. The second-order valence-corrected chi connectivity index (χ2v) is 7.98. The van der Waals surface area contributed by atoms with Crippen LogP contribution in [-0.2, 0) is 16.0 Å². The number of benzene rings is 2. The zero-order valence-corrected chi connectivity index (χ0v) is 17.9. The summed E-state index contributed by atoms with van der Waals surface area (Å²) in [5.41, 5.74) is 4.49. The number of ether oxygens (including phenoxy) is 1. The van der Waals surface area contributed by atoms with Crippen LogP contribution in [0.1, 0.15) is 12.5 Å². The molecule has 164 valence electrons. The lowest BCUT2D eigenvalue weighted by atomic mass is 10.1. The van der Waals surface area contributed by atoms with Gasteiger partial charge in [0.1, 0.15) is 11.6 Å². The maximum absolute atomic E-state index is 12.0. The molecule has 0 atom stereocenters. The van der Waals surface area contributed by atoms with Crippen molar-refractivity contribution in [2.75, 3.05) is 48.0 Å². The van der Waals surface area contributed by atoms with Gasteiger partial charge in [0.05, 0.1) is 18.9 Å². The molecular formula is C24H25N5O3. The SMILES string of the molecule is CC(=O)N1CCc2ccc(Nc3cc(-c4cccc(O)c4)nc(N4CCOCC4)n3)cc21. The number of phenols is 1. The van der Waals surface area contributed by atoms with Crippen molar-refractivity contribution >= 4 is 29.0 Å². The number of aromatic hydroxyl groups is 1. The Labute approximate surface area is 186 Å². The summed E-state index contributed by atoms with van der Waals surface area (Å²) < 4.78 is 5.47. The van der Waals surface area contributed by atoms with Crippen LogP contribution in [-0.4, -0.2) is 53.8 Å². The number of anilines is 4. The van der Waals surface area contributed by atoms with Gasteiger partial charge < -0.3 is 25.0 Å². The van der Waals surface area contributed by atoms with Gasteiger partial charge in [0.15, 0.2) is 0 Å².